The summed E-state index contributed by atoms with van der Waals surface area (Å²) in [5.74, 6) is 0.518. The van der Waals surface area contributed by atoms with Gasteiger partial charge < -0.3 is 10.0 Å². The average Bonchev–Trinajstić information content (AvgIpc) is 2.86. The van der Waals surface area contributed by atoms with E-state index in [-0.39, 0.29) is 18.6 Å². The Morgan fingerprint density at radius 2 is 2.17 bits per heavy atom. The standard InChI is InChI=1S/C13H16ClNO2S/c14-10-3-5-12(6-4-10)18-9-13(17)15-7-1-2-11(15)8-16/h3-6,11,16H,1-2,7-9H2/t11-/m0/s1. The summed E-state index contributed by atoms with van der Waals surface area (Å²) in [6.07, 6.45) is 1.90. The highest BCUT2D eigenvalue weighted by Gasteiger charge is 2.27. The molecule has 3 nitrogen and oxygen atoms in total. The second-order valence-corrected chi connectivity index (χ2v) is 5.79. The summed E-state index contributed by atoms with van der Waals surface area (Å²) >= 11 is 7.31. The van der Waals surface area contributed by atoms with Gasteiger partial charge in [-0.05, 0) is 37.1 Å². The number of amides is 1. The lowest BCUT2D eigenvalue weighted by atomic mass is 10.2. The van der Waals surface area contributed by atoms with Crippen LogP contribution in [-0.2, 0) is 4.79 Å². The highest BCUT2D eigenvalue weighted by molar-refractivity contribution is 8.00. The van der Waals surface area contributed by atoms with Crippen LogP contribution in [0.1, 0.15) is 12.8 Å². The van der Waals surface area contributed by atoms with E-state index in [0.717, 1.165) is 24.3 Å². The Bertz CT molecular complexity index is 410. The van der Waals surface area contributed by atoms with Crippen LogP contribution in [0.15, 0.2) is 29.2 Å². The van der Waals surface area contributed by atoms with Crippen molar-refractivity contribution in [2.45, 2.75) is 23.8 Å². The van der Waals surface area contributed by atoms with Crippen LogP contribution in [0.3, 0.4) is 0 Å². The Balaban J connectivity index is 1.86. The minimum Gasteiger partial charge on any atom is -0.394 e. The molecular weight excluding hydrogens is 270 g/mol. The molecule has 1 heterocycles. The first-order valence-corrected chi connectivity index (χ1v) is 7.36. The molecule has 1 saturated heterocycles. The molecule has 98 valence electrons. The molecule has 0 spiro atoms. The van der Waals surface area contributed by atoms with Crippen molar-refractivity contribution in [3.05, 3.63) is 29.3 Å². The van der Waals surface area contributed by atoms with Gasteiger partial charge in [0, 0.05) is 16.5 Å². The number of hydrogen-bond donors (Lipinski definition) is 1. The van der Waals surface area contributed by atoms with Gasteiger partial charge in [0.15, 0.2) is 0 Å². The molecule has 0 aromatic heterocycles. The lowest BCUT2D eigenvalue weighted by molar-refractivity contribution is -0.129. The maximum absolute atomic E-state index is 12.0. The van der Waals surface area contributed by atoms with Crippen LogP contribution in [0.5, 0.6) is 0 Å². The van der Waals surface area contributed by atoms with Gasteiger partial charge in [0.05, 0.1) is 18.4 Å². The van der Waals surface area contributed by atoms with Crippen LogP contribution in [0.25, 0.3) is 0 Å². The SMILES string of the molecule is O=C(CSc1ccc(Cl)cc1)N1CCC[C@H]1CO. The molecule has 1 atom stereocenters. The highest BCUT2D eigenvalue weighted by atomic mass is 35.5. The van der Waals surface area contributed by atoms with Crippen LogP contribution in [0, 0.1) is 0 Å². The summed E-state index contributed by atoms with van der Waals surface area (Å²) in [5, 5.41) is 9.89. The number of benzene rings is 1. The smallest absolute Gasteiger partial charge is 0.233 e. The average molecular weight is 286 g/mol. The van der Waals surface area contributed by atoms with Crippen molar-refractivity contribution in [1.29, 1.82) is 0 Å². The summed E-state index contributed by atoms with van der Waals surface area (Å²) < 4.78 is 0. The second-order valence-electron chi connectivity index (χ2n) is 4.31. The summed E-state index contributed by atoms with van der Waals surface area (Å²) in [4.78, 5) is 14.9. The topological polar surface area (TPSA) is 40.5 Å². The minimum absolute atomic E-state index is 0.0170. The van der Waals surface area contributed by atoms with Gasteiger partial charge in [-0.15, -0.1) is 11.8 Å². The summed E-state index contributed by atoms with van der Waals surface area (Å²) in [7, 11) is 0. The van der Waals surface area contributed by atoms with Crippen molar-refractivity contribution in [1.82, 2.24) is 4.90 Å². The molecule has 0 aliphatic carbocycles. The predicted octanol–water partition coefficient (Wildman–Crippen LogP) is 2.42. The van der Waals surface area contributed by atoms with Gasteiger partial charge in [-0.3, -0.25) is 4.79 Å². The van der Waals surface area contributed by atoms with E-state index in [1.807, 2.05) is 24.3 Å². The van der Waals surface area contributed by atoms with Crippen LogP contribution >= 0.6 is 23.4 Å². The van der Waals surface area contributed by atoms with Crippen molar-refractivity contribution in [2.75, 3.05) is 18.9 Å². The summed E-state index contributed by atoms with van der Waals surface area (Å²) in [5.41, 5.74) is 0. The van der Waals surface area contributed by atoms with Crippen LogP contribution in [-0.4, -0.2) is 40.9 Å². The highest BCUT2D eigenvalue weighted by Crippen LogP contribution is 2.23. The van der Waals surface area contributed by atoms with Crippen molar-refractivity contribution in [3.8, 4) is 0 Å². The largest absolute Gasteiger partial charge is 0.394 e. The molecule has 5 heteroatoms. The van der Waals surface area contributed by atoms with Crippen molar-refractivity contribution in [2.24, 2.45) is 0 Å². The number of carbonyl (C=O) groups excluding carboxylic acids is 1. The van der Waals surface area contributed by atoms with E-state index >= 15 is 0 Å². The predicted molar refractivity (Wildman–Crippen MR) is 74.0 cm³/mol. The number of aliphatic hydroxyl groups excluding tert-OH is 1. The summed E-state index contributed by atoms with van der Waals surface area (Å²) in [6.45, 7) is 0.836. The molecule has 1 aliphatic rings. The Morgan fingerprint density at radius 3 is 2.83 bits per heavy atom. The van der Waals surface area contributed by atoms with E-state index in [4.69, 9.17) is 11.6 Å². The lowest BCUT2D eigenvalue weighted by Gasteiger charge is -2.22. The zero-order valence-electron chi connectivity index (χ0n) is 10.0. The van der Waals surface area contributed by atoms with Crippen molar-refractivity contribution < 1.29 is 9.90 Å². The fraction of sp³-hybridized carbons (Fsp3) is 0.462. The molecule has 0 bridgehead atoms. The van der Waals surface area contributed by atoms with Gasteiger partial charge in [0.25, 0.3) is 0 Å². The molecule has 0 saturated carbocycles. The minimum atomic E-state index is 0.0170. The first-order chi connectivity index (χ1) is 8.70. The molecule has 1 N–H and O–H groups in total. The third-order valence-corrected chi connectivity index (χ3v) is 4.33. The molecule has 0 unspecified atom stereocenters. The Hall–Kier alpha value is -0.710. The first kappa shape index (κ1) is 13.7. The molecule has 1 aromatic carbocycles. The fourth-order valence-electron chi connectivity index (χ4n) is 2.11. The van der Waals surface area contributed by atoms with E-state index < -0.39 is 0 Å². The van der Waals surface area contributed by atoms with Gasteiger partial charge in [-0.25, -0.2) is 0 Å². The number of rotatable bonds is 4. The van der Waals surface area contributed by atoms with Crippen molar-refractivity contribution >= 4 is 29.3 Å². The number of carbonyl (C=O) groups is 1. The normalized spacial score (nSPS) is 19.2. The molecular formula is C13H16ClNO2S. The molecule has 2 rings (SSSR count). The Labute approximate surface area is 116 Å². The van der Waals surface area contributed by atoms with E-state index in [2.05, 4.69) is 0 Å². The zero-order chi connectivity index (χ0) is 13.0. The number of likely N-dealkylation sites (tertiary alicyclic amines) is 1. The molecule has 0 radical (unpaired) electrons. The monoisotopic (exact) mass is 285 g/mol. The van der Waals surface area contributed by atoms with E-state index in [9.17, 15) is 9.90 Å². The number of thioether (sulfide) groups is 1. The first-order valence-electron chi connectivity index (χ1n) is 5.99. The van der Waals surface area contributed by atoms with Gasteiger partial charge in [0.2, 0.25) is 5.91 Å². The van der Waals surface area contributed by atoms with Gasteiger partial charge in [-0.1, -0.05) is 11.6 Å². The molecule has 1 amide bonds. The number of halogens is 1. The Morgan fingerprint density at radius 1 is 1.44 bits per heavy atom. The molecule has 1 fully saturated rings. The van der Waals surface area contributed by atoms with E-state index in [1.165, 1.54) is 11.8 Å². The third-order valence-electron chi connectivity index (χ3n) is 3.08. The maximum atomic E-state index is 12.0. The van der Waals surface area contributed by atoms with Crippen LogP contribution < -0.4 is 0 Å². The van der Waals surface area contributed by atoms with Crippen LogP contribution in [0.2, 0.25) is 5.02 Å². The molecule has 1 aromatic rings. The van der Waals surface area contributed by atoms with Crippen LogP contribution in [0.4, 0.5) is 0 Å². The van der Waals surface area contributed by atoms with Gasteiger partial charge >= 0.3 is 0 Å². The lowest BCUT2D eigenvalue weighted by Crippen LogP contribution is -2.38. The zero-order valence-corrected chi connectivity index (χ0v) is 11.6. The van der Waals surface area contributed by atoms with E-state index in [0.29, 0.717) is 10.8 Å². The van der Waals surface area contributed by atoms with E-state index in [1.54, 1.807) is 4.90 Å². The van der Waals surface area contributed by atoms with Gasteiger partial charge in [-0.2, -0.15) is 0 Å². The molecule has 18 heavy (non-hydrogen) atoms. The maximum Gasteiger partial charge on any atom is 0.233 e. The number of hydrogen-bond acceptors (Lipinski definition) is 3. The number of aliphatic hydroxyl groups is 1. The third kappa shape index (κ3) is 3.40. The number of nitrogens with zero attached hydrogens (tertiary/aromatic N) is 1. The van der Waals surface area contributed by atoms with Crippen molar-refractivity contribution in [3.63, 3.8) is 0 Å². The summed E-state index contributed by atoms with van der Waals surface area (Å²) in [6, 6.07) is 7.48. The molecule has 1 aliphatic heterocycles. The Kier molecular flexibility index (Phi) is 4.92. The van der Waals surface area contributed by atoms with Gasteiger partial charge in [0.1, 0.15) is 0 Å². The second kappa shape index (κ2) is 6.45. The fourth-order valence-corrected chi connectivity index (χ4v) is 3.02. The quantitative estimate of drug-likeness (QED) is 0.864.